The summed E-state index contributed by atoms with van der Waals surface area (Å²) < 4.78 is 13.7. The van der Waals surface area contributed by atoms with E-state index in [9.17, 15) is 14.0 Å². The Morgan fingerprint density at radius 1 is 1.17 bits per heavy atom. The number of rotatable bonds is 3. The molecular formula is C18H26FN3O2. The molecule has 0 saturated heterocycles. The molecule has 1 aromatic carbocycles. The molecule has 2 atom stereocenters. The third-order valence-electron chi connectivity index (χ3n) is 4.78. The van der Waals surface area contributed by atoms with Crippen LogP contribution in [0.1, 0.15) is 40.0 Å². The number of urea groups is 1. The van der Waals surface area contributed by atoms with Crippen LogP contribution >= 0.6 is 0 Å². The quantitative estimate of drug-likeness (QED) is 0.874. The zero-order chi connectivity index (χ0) is 17.9. The van der Waals surface area contributed by atoms with Crippen LogP contribution in [-0.4, -0.2) is 29.9 Å². The van der Waals surface area contributed by atoms with Gasteiger partial charge in [0.25, 0.3) is 0 Å². The van der Waals surface area contributed by atoms with Gasteiger partial charge in [-0.25, -0.2) is 9.18 Å². The second-order valence-corrected chi connectivity index (χ2v) is 6.79. The summed E-state index contributed by atoms with van der Waals surface area (Å²) >= 11 is 0. The van der Waals surface area contributed by atoms with E-state index in [1.807, 2.05) is 0 Å². The molecule has 1 aromatic rings. The molecule has 0 heterocycles. The Balaban J connectivity index is 2.09. The second kappa shape index (κ2) is 7.64. The van der Waals surface area contributed by atoms with Gasteiger partial charge in [0.1, 0.15) is 5.82 Å². The molecule has 5 nitrogen and oxygen atoms in total. The predicted molar refractivity (Wildman–Crippen MR) is 93.5 cm³/mol. The first-order valence-corrected chi connectivity index (χ1v) is 8.40. The Kier molecular flexibility index (Phi) is 5.80. The smallest absolute Gasteiger partial charge is 0.321 e. The molecule has 2 rings (SSSR count). The first-order chi connectivity index (χ1) is 11.3. The maximum Gasteiger partial charge on any atom is 0.321 e. The number of nitrogens with zero attached hydrogens (tertiary/aromatic N) is 1. The Morgan fingerprint density at radius 3 is 2.38 bits per heavy atom. The van der Waals surface area contributed by atoms with Crippen LogP contribution in [0.25, 0.3) is 0 Å². The number of amides is 3. The predicted octanol–water partition coefficient (Wildman–Crippen LogP) is 4.07. The third kappa shape index (κ3) is 4.24. The summed E-state index contributed by atoms with van der Waals surface area (Å²) in [7, 11) is 1.80. The van der Waals surface area contributed by atoms with Crippen LogP contribution < -0.4 is 10.6 Å². The molecule has 6 heteroatoms. The lowest BCUT2D eigenvalue weighted by molar-refractivity contribution is -0.114. The van der Waals surface area contributed by atoms with E-state index in [-0.39, 0.29) is 23.7 Å². The van der Waals surface area contributed by atoms with Gasteiger partial charge >= 0.3 is 6.03 Å². The van der Waals surface area contributed by atoms with Gasteiger partial charge in [0.15, 0.2) is 0 Å². The third-order valence-corrected chi connectivity index (χ3v) is 4.78. The highest BCUT2D eigenvalue weighted by molar-refractivity contribution is 5.92. The van der Waals surface area contributed by atoms with Gasteiger partial charge in [-0.15, -0.1) is 0 Å². The molecule has 1 saturated carbocycles. The van der Waals surface area contributed by atoms with Crippen molar-refractivity contribution in [2.75, 3.05) is 17.7 Å². The fourth-order valence-electron chi connectivity index (χ4n) is 3.66. The topological polar surface area (TPSA) is 61.4 Å². The molecule has 2 N–H and O–H groups in total. The van der Waals surface area contributed by atoms with Crippen LogP contribution in [0.3, 0.4) is 0 Å². The summed E-state index contributed by atoms with van der Waals surface area (Å²) in [6, 6.07) is 4.11. The van der Waals surface area contributed by atoms with Gasteiger partial charge in [0.05, 0.1) is 5.69 Å². The zero-order valence-electron chi connectivity index (χ0n) is 14.7. The van der Waals surface area contributed by atoms with Gasteiger partial charge in [0, 0.05) is 25.7 Å². The van der Waals surface area contributed by atoms with Gasteiger partial charge in [-0.3, -0.25) is 4.79 Å². The molecule has 0 radical (unpaired) electrons. The van der Waals surface area contributed by atoms with E-state index in [0.717, 1.165) is 12.8 Å². The van der Waals surface area contributed by atoms with Gasteiger partial charge < -0.3 is 15.5 Å². The number of hydrogen-bond acceptors (Lipinski definition) is 2. The molecule has 1 aliphatic carbocycles. The number of nitrogens with one attached hydrogen (secondary N) is 2. The number of halogens is 1. The summed E-state index contributed by atoms with van der Waals surface area (Å²) in [6.07, 6.45) is 3.44. The van der Waals surface area contributed by atoms with Crippen LogP contribution in [0, 0.1) is 17.7 Å². The summed E-state index contributed by atoms with van der Waals surface area (Å²) in [5, 5.41) is 5.20. The van der Waals surface area contributed by atoms with E-state index in [4.69, 9.17) is 0 Å². The molecule has 0 aromatic heterocycles. The number of carbonyl (C=O) groups excluding carboxylic acids is 2. The Morgan fingerprint density at radius 2 is 1.79 bits per heavy atom. The van der Waals surface area contributed by atoms with Crippen molar-refractivity contribution in [2.24, 2.45) is 11.8 Å². The highest BCUT2D eigenvalue weighted by Gasteiger charge is 2.33. The molecule has 0 spiro atoms. The minimum Gasteiger partial charge on any atom is -0.324 e. The maximum absolute atomic E-state index is 13.7. The molecule has 2 unspecified atom stereocenters. The average Bonchev–Trinajstić information content (AvgIpc) is 2.49. The summed E-state index contributed by atoms with van der Waals surface area (Å²) in [5.41, 5.74) is 0.510. The molecule has 132 valence electrons. The minimum absolute atomic E-state index is 0.0577. The van der Waals surface area contributed by atoms with E-state index in [1.54, 1.807) is 11.9 Å². The monoisotopic (exact) mass is 335 g/mol. The Hall–Kier alpha value is -2.11. The first-order valence-electron chi connectivity index (χ1n) is 8.40. The largest absolute Gasteiger partial charge is 0.324 e. The number of carbonyl (C=O) groups is 2. The summed E-state index contributed by atoms with van der Waals surface area (Å²) in [4.78, 5) is 25.4. The summed E-state index contributed by atoms with van der Waals surface area (Å²) in [6.45, 7) is 5.66. The van der Waals surface area contributed by atoms with Crippen molar-refractivity contribution in [3.05, 3.63) is 24.0 Å². The first kappa shape index (κ1) is 18.2. The normalized spacial score (nSPS) is 23.5. The van der Waals surface area contributed by atoms with Crippen molar-refractivity contribution in [1.82, 2.24) is 4.90 Å². The van der Waals surface area contributed by atoms with Crippen molar-refractivity contribution in [2.45, 2.75) is 46.1 Å². The minimum atomic E-state index is -0.536. The van der Waals surface area contributed by atoms with Gasteiger partial charge in [0.2, 0.25) is 5.91 Å². The second-order valence-electron chi connectivity index (χ2n) is 6.79. The lowest BCUT2D eigenvalue weighted by Crippen LogP contribution is -2.48. The van der Waals surface area contributed by atoms with Crippen LogP contribution in [0.5, 0.6) is 0 Å². The van der Waals surface area contributed by atoms with E-state index < -0.39 is 5.82 Å². The van der Waals surface area contributed by atoms with Crippen LogP contribution in [0.15, 0.2) is 18.2 Å². The van der Waals surface area contributed by atoms with Crippen LogP contribution in [-0.2, 0) is 4.79 Å². The van der Waals surface area contributed by atoms with Crippen LogP contribution in [0.2, 0.25) is 0 Å². The lowest BCUT2D eigenvalue weighted by atomic mass is 9.78. The fourth-order valence-corrected chi connectivity index (χ4v) is 3.66. The molecule has 1 fully saturated rings. The number of benzene rings is 1. The molecule has 0 aliphatic heterocycles. The van der Waals surface area contributed by atoms with Crippen LogP contribution in [0.4, 0.5) is 20.6 Å². The molecule has 24 heavy (non-hydrogen) atoms. The highest BCUT2D eigenvalue weighted by atomic mass is 19.1. The van der Waals surface area contributed by atoms with Gasteiger partial charge in [-0.05, 0) is 42.9 Å². The Bertz CT molecular complexity index is 610. The van der Waals surface area contributed by atoms with E-state index >= 15 is 0 Å². The van der Waals surface area contributed by atoms with Gasteiger partial charge in [-0.2, -0.15) is 0 Å². The number of anilines is 2. The SMILES string of the molecule is CC(=O)Nc1cc(NC(=O)N(C)C2C(C)CCCC2C)ccc1F. The molecule has 1 aliphatic rings. The standard InChI is InChI=1S/C18H26FN3O2/c1-11-6-5-7-12(2)17(11)22(4)18(24)21-14-8-9-15(19)16(10-14)20-13(3)23/h8-12,17H,5-7H2,1-4H3,(H,20,23)(H,21,24). The maximum atomic E-state index is 13.7. The van der Waals surface area contributed by atoms with Crippen molar-refractivity contribution >= 4 is 23.3 Å². The van der Waals surface area contributed by atoms with Gasteiger partial charge in [-0.1, -0.05) is 20.3 Å². The summed E-state index contributed by atoms with van der Waals surface area (Å²) in [5.74, 6) is 0.00532. The zero-order valence-corrected chi connectivity index (χ0v) is 14.7. The van der Waals surface area contributed by atoms with Crippen molar-refractivity contribution < 1.29 is 14.0 Å². The fraction of sp³-hybridized carbons (Fsp3) is 0.556. The molecule has 3 amide bonds. The number of hydrogen-bond donors (Lipinski definition) is 2. The Labute approximate surface area is 142 Å². The highest BCUT2D eigenvalue weighted by Crippen LogP contribution is 2.32. The van der Waals surface area contributed by atoms with E-state index in [2.05, 4.69) is 24.5 Å². The van der Waals surface area contributed by atoms with Crippen molar-refractivity contribution in [1.29, 1.82) is 0 Å². The van der Waals surface area contributed by atoms with Crippen molar-refractivity contribution in [3.8, 4) is 0 Å². The van der Waals surface area contributed by atoms with Crippen molar-refractivity contribution in [3.63, 3.8) is 0 Å². The lowest BCUT2D eigenvalue weighted by Gasteiger charge is -2.40. The van der Waals surface area contributed by atoms with E-state index in [0.29, 0.717) is 17.5 Å². The average molecular weight is 335 g/mol. The molecule has 0 bridgehead atoms. The molecular weight excluding hydrogens is 309 g/mol. The van der Waals surface area contributed by atoms with E-state index in [1.165, 1.54) is 31.5 Å².